The van der Waals surface area contributed by atoms with Gasteiger partial charge in [-0.25, -0.2) is 0 Å². The molecule has 4 heteroatoms. The van der Waals surface area contributed by atoms with E-state index in [-0.39, 0.29) is 6.42 Å². The van der Waals surface area contributed by atoms with Gasteiger partial charge >= 0.3 is 0 Å². The Balaban J connectivity index is 3.08. The minimum Gasteiger partial charge on any atom is -0.393 e. The first-order chi connectivity index (χ1) is 7.56. The van der Waals surface area contributed by atoms with Crippen molar-refractivity contribution in [2.45, 2.75) is 64.4 Å². The van der Waals surface area contributed by atoms with Crippen molar-refractivity contribution in [3.63, 3.8) is 0 Å². The van der Waals surface area contributed by atoms with Gasteiger partial charge in [0.1, 0.15) is 0 Å². The molecule has 1 aliphatic rings. The van der Waals surface area contributed by atoms with E-state index in [1.807, 2.05) is 13.8 Å². The van der Waals surface area contributed by atoms with Crippen LogP contribution in [0.3, 0.4) is 0 Å². The molecule has 1 aliphatic carbocycles. The van der Waals surface area contributed by atoms with E-state index < -0.39 is 29.3 Å². The van der Waals surface area contributed by atoms with Crippen LogP contribution in [0, 0.1) is 5.41 Å². The van der Waals surface area contributed by atoms with Crippen molar-refractivity contribution in [1.29, 1.82) is 0 Å². The van der Waals surface area contributed by atoms with Crippen LogP contribution in [0.5, 0.6) is 0 Å². The highest BCUT2D eigenvalue weighted by Crippen LogP contribution is 2.45. The fourth-order valence-electron chi connectivity index (χ4n) is 2.78. The van der Waals surface area contributed by atoms with Crippen LogP contribution in [0.25, 0.3) is 0 Å². The van der Waals surface area contributed by atoms with E-state index in [4.69, 9.17) is 0 Å². The molecule has 0 aromatic rings. The zero-order chi connectivity index (χ0) is 13.4. The highest BCUT2D eigenvalue weighted by atomic mass is 16.3. The zero-order valence-electron chi connectivity index (χ0n) is 11.0. The van der Waals surface area contributed by atoms with E-state index in [1.54, 1.807) is 6.92 Å². The summed E-state index contributed by atoms with van der Waals surface area (Å²) in [7, 11) is 0. The summed E-state index contributed by atoms with van der Waals surface area (Å²) in [5.74, 6) is 0. The number of hydrogen-bond donors (Lipinski definition) is 4. The zero-order valence-corrected chi connectivity index (χ0v) is 11.0. The molecule has 0 aliphatic heterocycles. The van der Waals surface area contributed by atoms with Gasteiger partial charge in [0.2, 0.25) is 0 Å². The predicted octanol–water partition coefficient (Wildman–Crippen LogP) is 0.586. The molecule has 1 fully saturated rings. The molecule has 0 aromatic heterocycles. The molecular formula is C13H24O4. The fourth-order valence-corrected chi connectivity index (χ4v) is 2.78. The standard InChI is InChI=1S/C13H24O4/c1-8(14)10(16)5-11-12(2,3)6-9(15)7-13(11,4)17/h5,8-10,14-17H,6-7H2,1-4H3/b11-5-/t8-,9+,10+,13-/m1/s1. The van der Waals surface area contributed by atoms with Gasteiger partial charge in [0.05, 0.1) is 23.9 Å². The maximum absolute atomic E-state index is 10.3. The van der Waals surface area contributed by atoms with E-state index in [9.17, 15) is 20.4 Å². The van der Waals surface area contributed by atoms with Gasteiger partial charge in [-0.3, -0.25) is 0 Å². The van der Waals surface area contributed by atoms with E-state index in [1.165, 1.54) is 13.0 Å². The molecule has 0 unspecified atom stereocenters. The number of rotatable bonds is 2. The number of aliphatic hydroxyl groups is 4. The minimum atomic E-state index is -1.14. The van der Waals surface area contributed by atoms with Gasteiger partial charge in [0.15, 0.2) is 0 Å². The molecule has 4 nitrogen and oxygen atoms in total. The Hall–Kier alpha value is -0.420. The highest BCUT2D eigenvalue weighted by molar-refractivity contribution is 5.27. The lowest BCUT2D eigenvalue weighted by molar-refractivity contribution is -0.0300. The van der Waals surface area contributed by atoms with E-state index >= 15 is 0 Å². The van der Waals surface area contributed by atoms with Crippen LogP contribution >= 0.6 is 0 Å². The van der Waals surface area contributed by atoms with Gasteiger partial charge in [-0.15, -0.1) is 0 Å². The minimum absolute atomic E-state index is 0.259. The topological polar surface area (TPSA) is 80.9 Å². The molecule has 100 valence electrons. The molecule has 1 saturated carbocycles. The van der Waals surface area contributed by atoms with Gasteiger partial charge in [-0.2, -0.15) is 0 Å². The monoisotopic (exact) mass is 244 g/mol. The maximum Gasteiger partial charge on any atom is 0.0981 e. The second kappa shape index (κ2) is 4.69. The van der Waals surface area contributed by atoms with Gasteiger partial charge in [0, 0.05) is 6.42 Å². The molecule has 4 atom stereocenters. The number of hydrogen-bond acceptors (Lipinski definition) is 4. The Kier molecular flexibility index (Phi) is 4.04. The Morgan fingerprint density at radius 2 is 1.76 bits per heavy atom. The van der Waals surface area contributed by atoms with Crippen LogP contribution < -0.4 is 0 Å². The molecule has 0 saturated heterocycles. The smallest absolute Gasteiger partial charge is 0.0981 e. The second-order valence-corrected chi connectivity index (χ2v) is 6.03. The Bertz CT molecular complexity index is 285. The van der Waals surface area contributed by atoms with E-state index in [2.05, 4.69) is 0 Å². The molecule has 4 N–H and O–H groups in total. The maximum atomic E-state index is 10.3. The van der Waals surface area contributed by atoms with E-state index in [0.29, 0.717) is 12.0 Å². The summed E-state index contributed by atoms with van der Waals surface area (Å²) in [5, 5.41) is 39.1. The fraction of sp³-hybridized carbons (Fsp3) is 0.846. The third-order valence-electron chi connectivity index (χ3n) is 3.52. The molecule has 0 radical (unpaired) electrons. The van der Waals surface area contributed by atoms with Gasteiger partial charge in [0.25, 0.3) is 0 Å². The first-order valence-corrected chi connectivity index (χ1v) is 6.05. The predicted molar refractivity (Wildman–Crippen MR) is 65.4 cm³/mol. The van der Waals surface area contributed by atoms with Crippen LogP contribution in [0.15, 0.2) is 11.6 Å². The van der Waals surface area contributed by atoms with Crippen LogP contribution in [-0.2, 0) is 0 Å². The molecule has 0 amide bonds. The van der Waals surface area contributed by atoms with Gasteiger partial charge in [-0.05, 0) is 31.3 Å². The molecule has 1 rings (SSSR count). The van der Waals surface area contributed by atoms with Crippen LogP contribution in [0.4, 0.5) is 0 Å². The summed E-state index contributed by atoms with van der Waals surface area (Å²) in [6.45, 7) is 6.98. The first kappa shape index (κ1) is 14.6. The van der Waals surface area contributed by atoms with Crippen molar-refractivity contribution in [1.82, 2.24) is 0 Å². The Labute approximate surface area is 103 Å². The van der Waals surface area contributed by atoms with Crippen molar-refractivity contribution >= 4 is 0 Å². The molecule has 17 heavy (non-hydrogen) atoms. The molecule has 0 aromatic carbocycles. The van der Waals surface area contributed by atoms with Gasteiger partial charge in [-0.1, -0.05) is 19.9 Å². The molecule has 0 spiro atoms. The molecule has 0 heterocycles. The normalized spacial score (nSPS) is 39.1. The lowest BCUT2D eigenvalue weighted by Crippen LogP contribution is -2.46. The summed E-state index contributed by atoms with van der Waals surface area (Å²) in [6.07, 6.45) is -0.0832. The summed E-state index contributed by atoms with van der Waals surface area (Å²) in [4.78, 5) is 0. The SMILES string of the molecule is C[C@@H](O)[C@@H](O)/C=C1/C(C)(C)C[C@H](O)C[C@@]1(C)O. The van der Waals surface area contributed by atoms with Crippen LogP contribution in [0.2, 0.25) is 0 Å². The third kappa shape index (κ3) is 3.28. The summed E-state index contributed by atoms with van der Waals surface area (Å²) in [5.41, 5.74) is -0.850. The quantitative estimate of drug-likeness (QED) is 0.536. The summed E-state index contributed by atoms with van der Waals surface area (Å²) < 4.78 is 0. The van der Waals surface area contributed by atoms with Crippen molar-refractivity contribution in [2.75, 3.05) is 0 Å². The Morgan fingerprint density at radius 3 is 2.18 bits per heavy atom. The van der Waals surface area contributed by atoms with Crippen molar-refractivity contribution in [2.24, 2.45) is 5.41 Å². The third-order valence-corrected chi connectivity index (χ3v) is 3.52. The summed E-state index contributed by atoms with van der Waals surface area (Å²) in [6, 6.07) is 0. The number of aliphatic hydroxyl groups excluding tert-OH is 3. The average molecular weight is 244 g/mol. The lowest BCUT2D eigenvalue weighted by atomic mass is 9.64. The van der Waals surface area contributed by atoms with Gasteiger partial charge < -0.3 is 20.4 Å². The van der Waals surface area contributed by atoms with Crippen molar-refractivity contribution < 1.29 is 20.4 Å². The highest BCUT2D eigenvalue weighted by Gasteiger charge is 2.44. The second-order valence-electron chi connectivity index (χ2n) is 6.03. The van der Waals surface area contributed by atoms with Crippen molar-refractivity contribution in [3.05, 3.63) is 11.6 Å². The Morgan fingerprint density at radius 1 is 1.24 bits per heavy atom. The first-order valence-electron chi connectivity index (χ1n) is 6.05. The van der Waals surface area contributed by atoms with E-state index in [0.717, 1.165) is 0 Å². The van der Waals surface area contributed by atoms with Crippen molar-refractivity contribution in [3.8, 4) is 0 Å². The average Bonchev–Trinajstić information content (AvgIpc) is 2.08. The molecule has 0 bridgehead atoms. The van der Waals surface area contributed by atoms with Crippen LogP contribution in [0.1, 0.15) is 40.5 Å². The molecular weight excluding hydrogens is 220 g/mol. The largest absolute Gasteiger partial charge is 0.393 e. The van der Waals surface area contributed by atoms with Crippen LogP contribution in [-0.4, -0.2) is 44.3 Å². The summed E-state index contributed by atoms with van der Waals surface area (Å²) >= 11 is 0. The lowest BCUT2D eigenvalue weighted by Gasteiger charge is -2.45.